The molecule has 0 amide bonds. The number of carboxylic acids is 1. The molecule has 11 heteroatoms. The van der Waals surface area contributed by atoms with Crippen LogP contribution in [0.1, 0.15) is 37.5 Å². The quantitative estimate of drug-likeness (QED) is 0.325. The number of benzene rings is 3. The van der Waals surface area contributed by atoms with Crippen LogP contribution < -0.4 is 10.5 Å². The molecule has 0 saturated carbocycles. The molecule has 0 bridgehead atoms. The first-order valence-electron chi connectivity index (χ1n) is 11.9. The SMILES string of the molecule is CC(C)(C)c1ccc(S(=O)(=O)N(CCc2ccc(S(N)(=O)=O)cc2)Cc2cccc(NCC(=O)O)c2)cc1. The van der Waals surface area contributed by atoms with Crippen molar-refractivity contribution in [3.8, 4) is 0 Å². The average molecular weight is 560 g/mol. The Morgan fingerprint density at radius 2 is 1.50 bits per heavy atom. The Kier molecular flexibility index (Phi) is 8.98. The fraction of sp³-hybridized carbons (Fsp3) is 0.296. The van der Waals surface area contributed by atoms with Gasteiger partial charge in [0.1, 0.15) is 6.54 Å². The molecule has 0 unspecified atom stereocenters. The number of nitrogens with two attached hydrogens (primary N) is 1. The Morgan fingerprint density at radius 3 is 2.05 bits per heavy atom. The molecule has 0 aliphatic rings. The van der Waals surface area contributed by atoms with Crippen molar-refractivity contribution >= 4 is 31.7 Å². The van der Waals surface area contributed by atoms with Gasteiger partial charge in [-0.2, -0.15) is 4.31 Å². The van der Waals surface area contributed by atoms with Gasteiger partial charge in [0.25, 0.3) is 0 Å². The molecule has 38 heavy (non-hydrogen) atoms. The lowest BCUT2D eigenvalue weighted by Crippen LogP contribution is -2.32. The minimum Gasteiger partial charge on any atom is -0.480 e. The van der Waals surface area contributed by atoms with Crippen molar-refractivity contribution in [2.24, 2.45) is 5.14 Å². The van der Waals surface area contributed by atoms with Gasteiger partial charge in [0, 0.05) is 18.8 Å². The van der Waals surface area contributed by atoms with Crippen LogP contribution in [0.4, 0.5) is 5.69 Å². The number of nitrogens with one attached hydrogen (secondary N) is 1. The van der Waals surface area contributed by atoms with E-state index in [-0.39, 0.29) is 34.8 Å². The van der Waals surface area contributed by atoms with E-state index >= 15 is 0 Å². The van der Waals surface area contributed by atoms with E-state index in [2.05, 4.69) is 26.1 Å². The van der Waals surface area contributed by atoms with Crippen LogP contribution in [0.3, 0.4) is 0 Å². The molecule has 9 nitrogen and oxygen atoms in total. The van der Waals surface area contributed by atoms with Gasteiger partial charge in [0.15, 0.2) is 0 Å². The van der Waals surface area contributed by atoms with E-state index in [0.29, 0.717) is 17.7 Å². The summed E-state index contributed by atoms with van der Waals surface area (Å²) in [5, 5.41) is 16.9. The van der Waals surface area contributed by atoms with Crippen molar-refractivity contribution in [3.05, 3.63) is 89.5 Å². The van der Waals surface area contributed by atoms with Crippen LogP contribution in [-0.2, 0) is 43.2 Å². The number of nitrogens with zero attached hydrogens (tertiary/aromatic N) is 1. The van der Waals surface area contributed by atoms with Gasteiger partial charge in [0.2, 0.25) is 20.0 Å². The van der Waals surface area contributed by atoms with Gasteiger partial charge < -0.3 is 10.4 Å². The summed E-state index contributed by atoms with van der Waals surface area (Å²) >= 11 is 0. The smallest absolute Gasteiger partial charge is 0.322 e. The Balaban J connectivity index is 1.90. The third-order valence-corrected chi connectivity index (χ3v) is 8.78. The van der Waals surface area contributed by atoms with Gasteiger partial charge in [0.05, 0.1) is 9.79 Å². The molecule has 0 heterocycles. The zero-order valence-corrected chi connectivity index (χ0v) is 23.2. The topological polar surface area (TPSA) is 147 Å². The minimum atomic E-state index is -3.90. The van der Waals surface area contributed by atoms with Crippen molar-refractivity contribution in [2.75, 3.05) is 18.4 Å². The Labute approximate surface area is 224 Å². The lowest BCUT2D eigenvalue weighted by atomic mass is 9.87. The summed E-state index contributed by atoms with van der Waals surface area (Å²) in [5.74, 6) is -1.01. The zero-order chi connectivity index (χ0) is 28.1. The zero-order valence-electron chi connectivity index (χ0n) is 21.6. The second-order valence-electron chi connectivity index (χ2n) is 10.00. The molecule has 0 radical (unpaired) electrons. The summed E-state index contributed by atoms with van der Waals surface area (Å²) in [4.78, 5) is 11.1. The highest BCUT2D eigenvalue weighted by Crippen LogP contribution is 2.26. The third kappa shape index (κ3) is 7.87. The maximum Gasteiger partial charge on any atom is 0.322 e. The van der Waals surface area contributed by atoms with Crippen molar-refractivity contribution < 1.29 is 26.7 Å². The molecule has 3 aromatic carbocycles. The molecule has 0 saturated heterocycles. The number of anilines is 1. The molecular formula is C27H33N3O6S2. The van der Waals surface area contributed by atoms with Crippen LogP contribution >= 0.6 is 0 Å². The number of sulfonamides is 2. The number of aliphatic carboxylic acids is 1. The number of carbonyl (C=O) groups is 1. The lowest BCUT2D eigenvalue weighted by molar-refractivity contribution is -0.134. The summed E-state index contributed by atoms with van der Waals surface area (Å²) < 4.78 is 51.9. The van der Waals surface area contributed by atoms with Crippen molar-refractivity contribution in [2.45, 2.75) is 48.9 Å². The van der Waals surface area contributed by atoms with E-state index in [9.17, 15) is 21.6 Å². The van der Waals surface area contributed by atoms with E-state index in [1.165, 1.54) is 16.4 Å². The van der Waals surface area contributed by atoms with Crippen LogP contribution in [0.15, 0.2) is 82.6 Å². The molecule has 3 aromatic rings. The number of hydrogen-bond acceptors (Lipinski definition) is 6. The van der Waals surface area contributed by atoms with E-state index < -0.39 is 26.0 Å². The molecule has 0 fully saturated rings. The van der Waals surface area contributed by atoms with Gasteiger partial charge in [-0.15, -0.1) is 0 Å². The highest BCUT2D eigenvalue weighted by atomic mass is 32.2. The predicted molar refractivity (Wildman–Crippen MR) is 147 cm³/mol. The molecule has 0 spiro atoms. The second kappa shape index (κ2) is 11.6. The molecule has 0 aliphatic carbocycles. The van der Waals surface area contributed by atoms with Crippen molar-refractivity contribution in [1.29, 1.82) is 0 Å². The normalized spacial score (nSPS) is 12.4. The summed E-state index contributed by atoms with van der Waals surface area (Å²) in [5.41, 5.74) is 2.87. The van der Waals surface area contributed by atoms with E-state index in [1.807, 2.05) is 12.1 Å². The number of primary sulfonamides is 1. The number of rotatable bonds is 11. The standard InChI is InChI=1S/C27H33N3O6S2/c1-27(2,3)22-9-13-25(14-10-22)38(35,36)30(16-15-20-7-11-24(12-8-20)37(28,33)34)19-21-5-4-6-23(17-21)29-18-26(31)32/h4-14,17,29H,15-16,18-19H2,1-3H3,(H,31,32)(H2,28,33,34). The maximum atomic E-state index is 13.7. The largest absolute Gasteiger partial charge is 0.480 e. The van der Waals surface area contributed by atoms with Gasteiger partial charge in [-0.1, -0.05) is 57.2 Å². The van der Waals surface area contributed by atoms with Crippen LogP contribution in [0, 0.1) is 0 Å². The van der Waals surface area contributed by atoms with Gasteiger partial charge in [-0.25, -0.2) is 22.0 Å². The first kappa shape index (κ1) is 29.3. The molecule has 0 aliphatic heterocycles. The van der Waals surface area contributed by atoms with Gasteiger partial charge in [-0.3, -0.25) is 4.79 Å². The summed E-state index contributed by atoms with van der Waals surface area (Å²) in [6, 6.07) is 19.8. The second-order valence-corrected chi connectivity index (χ2v) is 13.5. The number of carboxylic acid groups (broad SMARTS) is 1. The fourth-order valence-corrected chi connectivity index (χ4v) is 5.77. The lowest BCUT2D eigenvalue weighted by Gasteiger charge is -2.24. The molecular weight excluding hydrogens is 526 g/mol. The summed E-state index contributed by atoms with van der Waals surface area (Å²) in [6.45, 7) is 6.08. The van der Waals surface area contributed by atoms with Crippen LogP contribution in [0.2, 0.25) is 0 Å². The van der Waals surface area contributed by atoms with Crippen LogP contribution in [-0.4, -0.2) is 45.3 Å². The monoisotopic (exact) mass is 559 g/mol. The van der Waals surface area contributed by atoms with E-state index in [1.54, 1.807) is 48.5 Å². The van der Waals surface area contributed by atoms with Crippen molar-refractivity contribution in [3.63, 3.8) is 0 Å². The summed E-state index contributed by atoms with van der Waals surface area (Å²) in [6.07, 6.45) is 0.334. The Bertz CT molecular complexity index is 1480. The van der Waals surface area contributed by atoms with E-state index in [0.717, 1.165) is 11.1 Å². The minimum absolute atomic E-state index is 0.0182. The average Bonchev–Trinajstić information content (AvgIpc) is 2.84. The highest BCUT2D eigenvalue weighted by Gasteiger charge is 2.26. The van der Waals surface area contributed by atoms with Crippen LogP contribution in [0.5, 0.6) is 0 Å². The fourth-order valence-electron chi connectivity index (χ4n) is 3.82. The molecule has 3 rings (SSSR count). The maximum absolute atomic E-state index is 13.7. The number of hydrogen-bond donors (Lipinski definition) is 3. The molecule has 204 valence electrons. The summed E-state index contributed by atoms with van der Waals surface area (Å²) in [7, 11) is -7.73. The van der Waals surface area contributed by atoms with Crippen LogP contribution in [0.25, 0.3) is 0 Å². The Morgan fingerprint density at radius 1 is 0.895 bits per heavy atom. The highest BCUT2D eigenvalue weighted by molar-refractivity contribution is 7.89. The van der Waals surface area contributed by atoms with Gasteiger partial charge in [-0.05, 0) is 64.9 Å². The molecule has 0 aromatic heterocycles. The molecule has 4 N–H and O–H groups in total. The molecule has 0 atom stereocenters. The third-order valence-electron chi connectivity index (χ3n) is 5.99. The first-order valence-corrected chi connectivity index (χ1v) is 14.9. The van der Waals surface area contributed by atoms with Crippen molar-refractivity contribution in [1.82, 2.24) is 4.31 Å². The Hall–Kier alpha value is -3.25. The van der Waals surface area contributed by atoms with E-state index in [4.69, 9.17) is 10.2 Å². The predicted octanol–water partition coefficient (Wildman–Crippen LogP) is 3.56. The van der Waals surface area contributed by atoms with Gasteiger partial charge >= 0.3 is 5.97 Å². The first-order chi connectivity index (χ1) is 17.7.